The Bertz CT molecular complexity index is 1030. The van der Waals surface area contributed by atoms with Crippen LogP contribution in [-0.4, -0.2) is 12.6 Å². The van der Waals surface area contributed by atoms with E-state index in [0.717, 1.165) is 22.3 Å². The Labute approximate surface area is 157 Å². The molecule has 5 nitrogen and oxygen atoms in total. The second-order valence-corrected chi connectivity index (χ2v) is 6.60. The Morgan fingerprint density at radius 3 is 2.59 bits per heavy atom. The zero-order valence-electron chi connectivity index (χ0n) is 15.7. The third-order valence-electron chi connectivity index (χ3n) is 4.27. The summed E-state index contributed by atoms with van der Waals surface area (Å²) >= 11 is 0. The van der Waals surface area contributed by atoms with Gasteiger partial charge in [-0.1, -0.05) is 17.7 Å². The molecule has 140 valence electrons. The molecule has 0 fully saturated rings. The maximum absolute atomic E-state index is 12.0. The molecule has 0 amide bonds. The Balaban J connectivity index is 1.53. The SMILES string of the molecule is Cc1ccc(OCCCC(=O)Oc2ccc3c(C)cc(=O)oc3c2)c(C)c1. The molecule has 1 aromatic heterocycles. The minimum atomic E-state index is -0.424. The highest BCUT2D eigenvalue weighted by Crippen LogP contribution is 2.23. The second kappa shape index (κ2) is 8.08. The van der Waals surface area contributed by atoms with Crippen LogP contribution in [0.4, 0.5) is 0 Å². The predicted molar refractivity (Wildman–Crippen MR) is 104 cm³/mol. The van der Waals surface area contributed by atoms with Crippen molar-refractivity contribution in [1.29, 1.82) is 0 Å². The largest absolute Gasteiger partial charge is 0.493 e. The molecule has 0 spiro atoms. The summed E-state index contributed by atoms with van der Waals surface area (Å²) in [5, 5.41) is 0.816. The molecule has 0 aliphatic rings. The first kappa shape index (κ1) is 18.7. The quantitative estimate of drug-likeness (QED) is 0.278. The van der Waals surface area contributed by atoms with Gasteiger partial charge in [0.15, 0.2) is 0 Å². The van der Waals surface area contributed by atoms with Gasteiger partial charge in [-0.2, -0.15) is 0 Å². The van der Waals surface area contributed by atoms with Gasteiger partial charge in [-0.3, -0.25) is 4.79 Å². The number of benzene rings is 2. The van der Waals surface area contributed by atoms with E-state index >= 15 is 0 Å². The molecule has 2 aromatic carbocycles. The molecule has 0 aliphatic carbocycles. The van der Waals surface area contributed by atoms with Gasteiger partial charge in [0.2, 0.25) is 0 Å². The number of hydrogen-bond acceptors (Lipinski definition) is 5. The van der Waals surface area contributed by atoms with Gasteiger partial charge < -0.3 is 13.9 Å². The smallest absolute Gasteiger partial charge is 0.336 e. The number of aryl methyl sites for hydroxylation is 3. The van der Waals surface area contributed by atoms with Gasteiger partial charge in [-0.25, -0.2) is 4.79 Å². The van der Waals surface area contributed by atoms with E-state index in [1.54, 1.807) is 18.2 Å². The van der Waals surface area contributed by atoms with Gasteiger partial charge in [0.25, 0.3) is 0 Å². The van der Waals surface area contributed by atoms with Crippen LogP contribution in [0.1, 0.15) is 29.5 Å². The van der Waals surface area contributed by atoms with Gasteiger partial charge >= 0.3 is 11.6 Å². The second-order valence-electron chi connectivity index (χ2n) is 6.60. The van der Waals surface area contributed by atoms with Crippen molar-refractivity contribution in [1.82, 2.24) is 0 Å². The lowest BCUT2D eigenvalue weighted by Gasteiger charge is -2.10. The van der Waals surface area contributed by atoms with Crippen molar-refractivity contribution in [3.63, 3.8) is 0 Å². The van der Waals surface area contributed by atoms with E-state index in [-0.39, 0.29) is 12.4 Å². The van der Waals surface area contributed by atoms with Crippen LogP contribution < -0.4 is 15.1 Å². The van der Waals surface area contributed by atoms with Crippen LogP contribution in [0, 0.1) is 20.8 Å². The van der Waals surface area contributed by atoms with Crippen molar-refractivity contribution in [2.24, 2.45) is 0 Å². The van der Waals surface area contributed by atoms with Gasteiger partial charge in [0.05, 0.1) is 6.61 Å². The average Bonchev–Trinajstić information content (AvgIpc) is 2.59. The molecule has 3 aromatic rings. The fourth-order valence-electron chi connectivity index (χ4n) is 2.91. The summed E-state index contributed by atoms with van der Waals surface area (Å²) in [5.41, 5.74) is 3.06. The van der Waals surface area contributed by atoms with E-state index in [1.165, 1.54) is 11.6 Å². The number of hydrogen-bond donors (Lipinski definition) is 0. The first-order chi connectivity index (χ1) is 12.9. The van der Waals surface area contributed by atoms with Crippen LogP contribution in [0.15, 0.2) is 51.7 Å². The molecule has 1 heterocycles. The molecule has 0 saturated carbocycles. The van der Waals surface area contributed by atoms with Crippen molar-refractivity contribution >= 4 is 16.9 Å². The summed E-state index contributed by atoms with van der Waals surface area (Å²) < 4.78 is 16.2. The summed E-state index contributed by atoms with van der Waals surface area (Å²) in [6, 6.07) is 12.5. The van der Waals surface area contributed by atoms with Crippen molar-refractivity contribution in [3.8, 4) is 11.5 Å². The summed E-state index contributed by atoms with van der Waals surface area (Å²) in [7, 11) is 0. The van der Waals surface area contributed by atoms with E-state index in [2.05, 4.69) is 6.07 Å². The zero-order chi connectivity index (χ0) is 19.4. The maximum Gasteiger partial charge on any atom is 0.336 e. The highest BCUT2D eigenvalue weighted by molar-refractivity contribution is 5.82. The Morgan fingerprint density at radius 1 is 1.00 bits per heavy atom. The number of rotatable bonds is 6. The number of carbonyl (C=O) groups excluding carboxylic acids is 1. The molecular weight excluding hydrogens is 344 g/mol. The summed E-state index contributed by atoms with van der Waals surface area (Å²) in [6.07, 6.45) is 0.786. The van der Waals surface area contributed by atoms with E-state index < -0.39 is 5.63 Å². The first-order valence-corrected chi connectivity index (χ1v) is 8.87. The normalized spacial score (nSPS) is 10.8. The Kier molecular flexibility index (Phi) is 5.60. The van der Waals surface area contributed by atoms with Crippen LogP contribution in [0.5, 0.6) is 11.5 Å². The predicted octanol–water partition coefficient (Wildman–Crippen LogP) is 4.48. The lowest BCUT2D eigenvalue weighted by atomic mass is 10.1. The molecule has 27 heavy (non-hydrogen) atoms. The molecule has 0 radical (unpaired) electrons. The zero-order valence-corrected chi connectivity index (χ0v) is 15.7. The van der Waals surface area contributed by atoms with Crippen LogP contribution >= 0.6 is 0 Å². The molecule has 0 bridgehead atoms. The minimum Gasteiger partial charge on any atom is -0.493 e. The van der Waals surface area contributed by atoms with Crippen molar-refractivity contribution in [3.05, 3.63) is 69.6 Å². The van der Waals surface area contributed by atoms with E-state index in [4.69, 9.17) is 13.9 Å². The van der Waals surface area contributed by atoms with Crippen molar-refractivity contribution in [2.75, 3.05) is 6.61 Å². The molecule has 5 heteroatoms. The minimum absolute atomic E-state index is 0.237. The Hall–Kier alpha value is -3.08. The molecule has 0 atom stereocenters. The molecule has 0 saturated heterocycles. The van der Waals surface area contributed by atoms with Crippen molar-refractivity contribution in [2.45, 2.75) is 33.6 Å². The van der Waals surface area contributed by atoms with E-state index in [1.807, 2.05) is 32.9 Å². The van der Waals surface area contributed by atoms with E-state index in [9.17, 15) is 9.59 Å². The summed E-state index contributed by atoms with van der Waals surface area (Å²) in [5.74, 6) is 0.832. The average molecular weight is 366 g/mol. The monoisotopic (exact) mass is 366 g/mol. The lowest BCUT2D eigenvalue weighted by molar-refractivity contribution is -0.134. The number of carbonyl (C=O) groups is 1. The molecule has 0 aliphatic heterocycles. The third-order valence-corrected chi connectivity index (χ3v) is 4.27. The number of ether oxygens (including phenoxy) is 2. The van der Waals surface area contributed by atoms with Crippen molar-refractivity contribution < 1.29 is 18.7 Å². The van der Waals surface area contributed by atoms with Crippen LogP contribution in [-0.2, 0) is 4.79 Å². The maximum atomic E-state index is 12.0. The van der Waals surface area contributed by atoms with E-state index in [0.29, 0.717) is 24.4 Å². The fourth-order valence-corrected chi connectivity index (χ4v) is 2.91. The standard InChI is InChI=1S/C22H22O5/c1-14-6-9-19(16(3)11-14)25-10-4-5-21(23)26-17-7-8-18-15(2)12-22(24)27-20(18)13-17/h6-9,11-13H,4-5,10H2,1-3H3. The third kappa shape index (κ3) is 4.76. The Morgan fingerprint density at radius 2 is 1.81 bits per heavy atom. The number of fused-ring (bicyclic) bond motifs is 1. The van der Waals surface area contributed by atoms with Crippen LogP contribution in [0.2, 0.25) is 0 Å². The van der Waals surface area contributed by atoms with Gasteiger partial charge in [-0.15, -0.1) is 0 Å². The molecule has 0 unspecified atom stereocenters. The molecule has 3 rings (SSSR count). The number of esters is 1. The summed E-state index contributed by atoms with van der Waals surface area (Å²) in [6.45, 7) is 6.30. The molecular formula is C22H22O5. The van der Waals surface area contributed by atoms with Crippen LogP contribution in [0.3, 0.4) is 0 Å². The first-order valence-electron chi connectivity index (χ1n) is 8.87. The van der Waals surface area contributed by atoms with Gasteiger partial charge in [0.1, 0.15) is 17.1 Å². The highest BCUT2D eigenvalue weighted by atomic mass is 16.5. The highest BCUT2D eigenvalue weighted by Gasteiger charge is 2.09. The lowest BCUT2D eigenvalue weighted by Crippen LogP contribution is -2.10. The fraction of sp³-hybridized carbons (Fsp3) is 0.273. The van der Waals surface area contributed by atoms with Gasteiger partial charge in [0, 0.05) is 23.9 Å². The molecule has 0 N–H and O–H groups in total. The van der Waals surface area contributed by atoms with Crippen LogP contribution in [0.25, 0.3) is 11.0 Å². The van der Waals surface area contributed by atoms with Gasteiger partial charge in [-0.05, 0) is 56.5 Å². The topological polar surface area (TPSA) is 65.7 Å². The summed E-state index contributed by atoms with van der Waals surface area (Å²) in [4.78, 5) is 23.5.